The number of rotatable bonds is 8. The maximum atomic E-state index is 12.9. The lowest BCUT2D eigenvalue weighted by Crippen LogP contribution is -2.52. The third-order valence-corrected chi connectivity index (χ3v) is 6.72. The maximum absolute atomic E-state index is 12.9. The summed E-state index contributed by atoms with van der Waals surface area (Å²) in [6, 6.07) is 19.8. The molecule has 3 aromatic rings. The summed E-state index contributed by atoms with van der Waals surface area (Å²) in [4.78, 5) is 26.2. The predicted octanol–water partition coefficient (Wildman–Crippen LogP) is 4.47. The topological polar surface area (TPSA) is 101 Å². The van der Waals surface area contributed by atoms with Crippen LogP contribution in [0.5, 0.6) is 5.75 Å². The Morgan fingerprint density at radius 1 is 1.00 bits per heavy atom. The summed E-state index contributed by atoms with van der Waals surface area (Å²) in [5.41, 5.74) is 1.84. The Kier molecular flexibility index (Phi) is 6.72. The monoisotopic (exact) mass is 476 g/mol. The van der Waals surface area contributed by atoms with Gasteiger partial charge in [0.05, 0.1) is 6.04 Å². The fraction of sp³-hybridized carbons (Fsp3) is 0.333. The van der Waals surface area contributed by atoms with Crippen LogP contribution in [0.15, 0.2) is 71.1 Å². The molecule has 8 nitrogen and oxygen atoms in total. The van der Waals surface area contributed by atoms with E-state index in [0.717, 1.165) is 43.6 Å². The molecule has 2 aromatic carbocycles. The Balaban J connectivity index is 1.25. The number of piperidine rings is 3. The summed E-state index contributed by atoms with van der Waals surface area (Å²) in [5, 5.41) is 12.0. The third-order valence-electron chi connectivity index (χ3n) is 6.72. The SMILES string of the molecule is O=C(NC(c1ccccc1)c1ccc(OCc2ccc(C(=O)O)o2)cc1)O[C@H]1CN2CCC1CC2. The molecule has 3 fully saturated rings. The van der Waals surface area contributed by atoms with Crippen LogP contribution in [0.25, 0.3) is 0 Å². The molecule has 1 aromatic heterocycles. The molecule has 0 aliphatic carbocycles. The zero-order valence-electron chi connectivity index (χ0n) is 19.3. The molecule has 6 rings (SSSR count). The lowest BCUT2D eigenvalue weighted by atomic mass is 9.86. The largest absolute Gasteiger partial charge is 0.486 e. The van der Waals surface area contributed by atoms with Gasteiger partial charge in [0, 0.05) is 6.54 Å². The first-order chi connectivity index (χ1) is 17.0. The van der Waals surface area contributed by atoms with Crippen molar-refractivity contribution in [1.82, 2.24) is 10.2 Å². The second-order valence-electron chi connectivity index (χ2n) is 9.00. The van der Waals surface area contributed by atoms with Crippen LogP contribution in [0.1, 0.15) is 46.3 Å². The highest BCUT2D eigenvalue weighted by Crippen LogP contribution is 2.30. The van der Waals surface area contributed by atoms with E-state index in [1.54, 1.807) is 6.07 Å². The highest BCUT2D eigenvalue weighted by atomic mass is 16.6. The standard InChI is InChI=1S/C27H28N2O6/c30-26(31)23-11-10-22(34-23)17-33-21-8-6-20(7-9-21)25(19-4-2-1-3-5-19)28-27(32)35-24-16-29-14-12-18(24)13-15-29/h1-11,18,24-25H,12-17H2,(H,28,32)(H,30,31)/t24-,25?/m0/s1. The molecule has 1 amide bonds. The average Bonchev–Trinajstić information content (AvgIpc) is 3.37. The molecular weight excluding hydrogens is 448 g/mol. The van der Waals surface area contributed by atoms with Gasteiger partial charge in [0.2, 0.25) is 5.76 Å². The summed E-state index contributed by atoms with van der Waals surface area (Å²) in [5.74, 6) is 0.223. The number of carboxylic acid groups (broad SMARTS) is 1. The number of nitrogens with one attached hydrogen (secondary N) is 1. The van der Waals surface area contributed by atoms with Crippen LogP contribution in [0.3, 0.4) is 0 Å². The van der Waals surface area contributed by atoms with E-state index in [9.17, 15) is 9.59 Å². The van der Waals surface area contributed by atoms with Crippen LogP contribution in [-0.4, -0.2) is 47.8 Å². The molecule has 1 unspecified atom stereocenters. The Morgan fingerprint density at radius 3 is 2.34 bits per heavy atom. The molecule has 0 saturated carbocycles. The van der Waals surface area contributed by atoms with Crippen LogP contribution in [0.2, 0.25) is 0 Å². The first-order valence-corrected chi connectivity index (χ1v) is 11.8. The molecule has 2 atom stereocenters. The fourth-order valence-electron chi connectivity index (χ4n) is 4.82. The molecule has 0 spiro atoms. The van der Waals surface area contributed by atoms with Crippen molar-refractivity contribution in [1.29, 1.82) is 0 Å². The van der Waals surface area contributed by atoms with Gasteiger partial charge in [0.25, 0.3) is 0 Å². The fourth-order valence-corrected chi connectivity index (χ4v) is 4.82. The number of alkyl carbamates (subject to hydrolysis) is 1. The molecule has 3 aliphatic rings. The zero-order chi connectivity index (χ0) is 24.2. The molecule has 8 heteroatoms. The van der Waals surface area contributed by atoms with E-state index in [1.165, 1.54) is 6.07 Å². The Morgan fingerprint density at radius 2 is 1.71 bits per heavy atom. The van der Waals surface area contributed by atoms with Gasteiger partial charge in [0.1, 0.15) is 24.2 Å². The quantitative estimate of drug-likeness (QED) is 0.495. The van der Waals surface area contributed by atoms with E-state index < -0.39 is 12.1 Å². The van der Waals surface area contributed by atoms with Crippen LogP contribution >= 0.6 is 0 Å². The van der Waals surface area contributed by atoms with Crippen molar-refractivity contribution in [3.63, 3.8) is 0 Å². The summed E-state index contributed by atoms with van der Waals surface area (Å²) < 4.78 is 16.8. The number of hydrogen-bond acceptors (Lipinski definition) is 6. The van der Waals surface area contributed by atoms with Crippen LogP contribution in [0.4, 0.5) is 4.79 Å². The van der Waals surface area contributed by atoms with Gasteiger partial charge in [-0.3, -0.25) is 4.90 Å². The average molecular weight is 477 g/mol. The first-order valence-electron chi connectivity index (χ1n) is 11.8. The Labute approximate surface area is 203 Å². The number of fused-ring (bicyclic) bond motifs is 3. The van der Waals surface area contributed by atoms with Crippen molar-refractivity contribution in [2.45, 2.75) is 31.6 Å². The number of carbonyl (C=O) groups is 2. The number of nitrogens with zero attached hydrogens (tertiary/aromatic N) is 1. The van der Waals surface area contributed by atoms with Gasteiger partial charge in [-0.25, -0.2) is 9.59 Å². The highest BCUT2D eigenvalue weighted by Gasteiger charge is 2.36. The molecule has 2 N–H and O–H groups in total. The van der Waals surface area contributed by atoms with Gasteiger partial charge in [-0.2, -0.15) is 0 Å². The zero-order valence-corrected chi connectivity index (χ0v) is 19.3. The third kappa shape index (κ3) is 5.49. The van der Waals surface area contributed by atoms with Crippen LogP contribution in [-0.2, 0) is 11.3 Å². The van der Waals surface area contributed by atoms with Crippen molar-refractivity contribution < 1.29 is 28.6 Å². The highest BCUT2D eigenvalue weighted by molar-refractivity contribution is 5.84. The van der Waals surface area contributed by atoms with Gasteiger partial charge in [0.15, 0.2) is 0 Å². The lowest BCUT2D eigenvalue weighted by molar-refractivity contribution is -0.0336. The van der Waals surface area contributed by atoms with Crippen molar-refractivity contribution in [2.24, 2.45) is 5.92 Å². The van der Waals surface area contributed by atoms with Crippen molar-refractivity contribution in [2.75, 3.05) is 19.6 Å². The number of benzene rings is 2. The summed E-state index contributed by atoms with van der Waals surface area (Å²) >= 11 is 0. The van der Waals surface area contributed by atoms with Gasteiger partial charge in [-0.1, -0.05) is 42.5 Å². The van der Waals surface area contributed by atoms with Gasteiger partial charge in [-0.15, -0.1) is 0 Å². The maximum Gasteiger partial charge on any atom is 0.408 e. The first kappa shape index (κ1) is 23.0. The summed E-state index contributed by atoms with van der Waals surface area (Å²) in [7, 11) is 0. The minimum Gasteiger partial charge on any atom is -0.486 e. The molecule has 3 saturated heterocycles. The summed E-state index contributed by atoms with van der Waals surface area (Å²) in [6.07, 6.45) is 1.69. The molecular formula is C27H28N2O6. The number of carboxylic acids is 1. The molecule has 2 bridgehead atoms. The van der Waals surface area contributed by atoms with Crippen LogP contribution in [0, 0.1) is 5.92 Å². The molecule has 182 valence electrons. The number of ether oxygens (including phenoxy) is 2. The second kappa shape index (κ2) is 10.2. The van der Waals surface area contributed by atoms with Crippen molar-refractivity contribution in [3.05, 3.63) is 89.4 Å². The second-order valence-corrected chi connectivity index (χ2v) is 9.00. The number of hydrogen-bond donors (Lipinski definition) is 2. The smallest absolute Gasteiger partial charge is 0.408 e. The van der Waals surface area contributed by atoms with Crippen molar-refractivity contribution in [3.8, 4) is 5.75 Å². The lowest BCUT2D eigenvalue weighted by Gasteiger charge is -2.43. The molecule has 4 heterocycles. The number of furan rings is 1. The Hall–Kier alpha value is -3.78. The van der Waals surface area contributed by atoms with Gasteiger partial charge < -0.3 is 24.3 Å². The van der Waals surface area contributed by atoms with E-state index in [4.69, 9.17) is 19.0 Å². The summed E-state index contributed by atoms with van der Waals surface area (Å²) in [6.45, 7) is 3.10. The van der Waals surface area contributed by atoms with E-state index in [1.807, 2.05) is 54.6 Å². The molecule has 0 radical (unpaired) electrons. The Bertz CT molecular complexity index is 1150. The number of amides is 1. The van der Waals surface area contributed by atoms with Gasteiger partial charge >= 0.3 is 12.1 Å². The van der Waals surface area contributed by atoms with E-state index in [0.29, 0.717) is 17.4 Å². The minimum atomic E-state index is -1.12. The van der Waals surface area contributed by atoms with E-state index in [-0.39, 0.29) is 24.5 Å². The van der Waals surface area contributed by atoms with E-state index >= 15 is 0 Å². The van der Waals surface area contributed by atoms with Crippen molar-refractivity contribution >= 4 is 12.1 Å². The number of carbonyl (C=O) groups excluding carboxylic acids is 1. The molecule has 35 heavy (non-hydrogen) atoms. The van der Waals surface area contributed by atoms with E-state index in [2.05, 4.69) is 10.2 Å². The number of aromatic carboxylic acids is 1. The van der Waals surface area contributed by atoms with Crippen LogP contribution < -0.4 is 10.1 Å². The molecule has 3 aliphatic heterocycles. The van der Waals surface area contributed by atoms with Gasteiger partial charge in [-0.05, 0) is 67.2 Å². The minimum absolute atomic E-state index is 0.0621. The predicted molar refractivity (Wildman–Crippen MR) is 127 cm³/mol. The normalized spacial score (nSPS) is 21.8.